The molecule has 11 heavy (non-hydrogen) atoms. The summed E-state index contributed by atoms with van der Waals surface area (Å²) in [5.41, 5.74) is 0. The van der Waals surface area contributed by atoms with Gasteiger partial charge in [-0.1, -0.05) is 0 Å². The summed E-state index contributed by atoms with van der Waals surface area (Å²) in [7, 11) is 0. The lowest BCUT2D eigenvalue weighted by Crippen LogP contribution is -2.36. The summed E-state index contributed by atoms with van der Waals surface area (Å²) in [5.74, 6) is 0.275. The number of likely N-dealkylation sites (tertiary alicyclic amines) is 1. The molecule has 1 aliphatic rings. The van der Waals surface area contributed by atoms with Gasteiger partial charge in [0, 0.05) is 24.5 Å². The van der Waals surface area contributed by atoms with Crippen molar-refractivity contribution in [3.63, 3.8) is 0 Å². The molecule has 0 N–H and O–H groups in total. The maximum absolute atomic E-state index is 11.1. The average Bonchev–Trinajstić information content (AvgIpc) is 2.07. The van der Waals surface area contributed by atoms with Crippen LogP contribution >= 0.6 is 11.4 Å². The van der Waals surface area contributed by atoms with Crippen molar-refractivity contribution in [3.8, 4) is 0 Å². The predicted molar refractivity (Wildman–Crippen MR) is 44.6 cm³/mol. The molecule has 1 fully saturated rings. The van der Waals surface area contributed by atoms with E-state index in [1.165, 1.54) is 6.42 Å². The summed E-state index contributed by atoms with van der Waals surface area (Å²) < 4.78 is 8.44. The molecule has 0 aromatic heterocycles. The molecule has 3 nitrogen and oxygen atoms in total. The molecule has 0 saturated carbocycles. The van der Waals surface area contributed by atoms with Crippen molar-refractivity contribution in [1.82, 2.24) is 4.90 Å². The molecule has 0 atom stereocenters. The fourth-order valence-electron chi connectivity index (χ4n) is 1.29. The maximum Gasteiger partial charge on any atom is 0.238 e. The Labute approximate surface area is 70.4 Å². The highest BCUT2D eigenvalue weighted by atomic mass is 32.1. The fraction of sp³-hybridized carbons (Fsp3) is 0.857. The van der Waals surface area contributed by atoms with Crippen LogP contribution in [0.15, 0.2) is 0 Å². The Bertz CT molecular complexity index is 181. The lowest BCUT2D eigenvalue weighted by atomic mass is 10.1. The van der Waals surface area contributed by atoms with Gasteiger partial charge in [0.25, 0.3) is 0 Å². The summed E-state index contributed by atoms with van der Waals surface area (Å²) in [6, 6.07) is 0. The van der Waals surface area contributed by atoms with E-state index < -0.39 is 0 Å². The van der Waals surface area contributed by atoms with E-state index >= 15 is 0 Å². The van der Waals surface area contributed by atoms with Crippen molar-refractivity contribution < 1.29 is 4.79 Å². The number of hydrogen-bond acceptors (Lipinski definition) is 2. The lowest BCUT2D eigenvalue weighted by Gasteiger charge is -2.25. The normalized spacial score (nSPS) is 17.9. The van der Waals surface area contributed by atoms with Crippen LogP contribution in [-0.2, 0) is 4.79 Å². The Balaban J connectivity index is 2.34. The molecule has 4 heteroatoms. The van der Waals surface area contributed by atoms with Crippen LogP contribution in [0.2, 0.25) is 0 Å². The molecule has 0 unspecified atom stereocenters. The Morgan fingerprint density at radius 2 is 2.00 bits per heavy atom. The number of carbonyl (C=O) groups is 1. The predicted octanol–water partition coefficient (Wildman–Crippen LogP) is 1.21. The van der Waals surface area contributed by atoms with Gasteiger partial charge in [-0.3, -0.25) is 4.79 Å². The molecule has 0 aliphatic carbocycles. The molecule has 1 aliphatic heterocycles. The third-order valence-corrected chi connectivity index (χ3v) is 2.27. The van der Waals surface area contributed by atoms with Crippen LogP contribution in [0.1, 0.15) is 19.3 Å². The number of amides is 1. The van der Waals surface area contributed by atoms with E-state index in [0.717, 1.165) is 25.9 Å². The van der Waals surface area contributed by atoms with Gasteiger partial charge >= 0.3 is 0 Å². The van der Waals surface area contributed by atoms with Crippen molar-refractivity contribution in [1.29, 1.82) is 4.61 Å². The molecule has 1 amide bonds. The fourth-order valence-corrected chi connectivity index (χ4v) is 1.58. The zero-order chi connectivity index (χ0) is 8.10. The van der Waals surface area contributed by atoms with E-state index in [-0.39, 0.29) is 11.7 Å². The highest BCUT2D eigenvalue weighted by Crippen LogP contribution is 2.08. The first kappa shape index (κ1) is 8.50. The van der Waals surface area contributed by atoms with Gasteiger partial charge in [0.05, 0.1) is 0 Å². The number of rotatable bonds is 1. The van der Waals surface area contributed by atoms with Gasteiger partial charge in [-0.05, 0) is 19.3 Å². The Morgan fingerprint density at radius 1 is 1.36 bits per heavy atom. The molecule has 0 radical (unpaired) electrons. The van der Waals surface area contributed by atoms with E-state index in [2.05, 4.69) is 0 Å². The van der Waals surface area contributed by atoms with E-state index in [9.17, 15) is 4.79 Å². The highest BCUT2D eigenvalue weighted by Gasteiger charge is 2.14. The molecule has 62 valence electrons. The molecule has 1 heterocycles. The number of hydrogen-bond donors (Lipinski definition) is 0. The minimum atomic E-state index is 0.0669. The zero-order valence-electron chi connectivity index (χ0n) is 6.45. The van der Waals surface area contributed by atoms with E-state index in [0.29, 0.717) is 11.4 Å². The van der Waals surface area contributed by atoms with Gasteiger partial charge < -0.3 is 4.90 Å². The second-order valence-electron chi connectivity index (χ2n) is 2.71. The molecular formula is C7H12N2OS. The second-order valence-corrected chi connectivity index (χ2v) is 3.26. The van der Waals surface area contributed by atoms with E-state index in [4.69, 9.17) is 4.61 Å². The second kappa shape index (κ2) is 4.31. The summed E-state index contributed by atoms with van der Waals surface area (Å²) in [6.07, 6.45) is 3.46. The molecule has 0 spiro atoms. The van der Waals surface area contributed by atoms with Crippen LogP contribution in [0.25, 0.3) is 0 Å². The van der Waals surface area contributed by atoms with E-state index in [1.54, 1.807) is 0 Å². The smallest absolute Gasteiger partial charge is 0.238 e. The first-order valence-corrected chi connectivity index (χ1v) is 4.83. The largest absolute Gasteiger partial charge is 0.342 e. The van der Waals surface area contributed by atoms with Crippen molar-refractivity contribution >= 4 is 17.3 Å². The van der Waals surface area contributed by atoms with Crippen molar-refractivity contribution in [2.24, 2.45) is 0 Å². The number of piperidine rings is 1. The molecule has 0 bridgehead atoms. The molecule has 0 aromatic carbocycles. The lowest BCUT2D eigenvalue weighted by molar-refractivity contribution is -0.129. The van der Waals surface area contributed by atoms with Crippen LogP contribution in [0, 0.1) is 4.61 Å². The van der Waals surface area contributed by atoms with Gasteiger partial charge in [-0.25, -0.2) is 0 Å². The van der Waals surface area contributed by atoms with Gasteiger partial charge in [0.2, 0.25) is 5.91 Å². The SMILES string of the molecule is N#SCC(=O)N1CCCCC1. The third kappa shape index (κ3) is 2.48. The van der Waals surface area contributed by atoms with Gasteiger partial charge in [0.15, 0.2) is 0 Å². The average molecular weight is 172 g/mol. The highest BCUT2D eigenvalue weighted by molar-refractivity contribution is 7.86. The molecule has 1 rings (SSSR count). The van der Waals surface area contributed by atoms with Crippen LogP contribution in [-0.4, -0.2) is 29.6 Å². The van der Waals surface area contributed by atoms with Crippen LogP contribution in [0.3, 0.4) is 0 Å². The van der Waals surface area contributed by atoms with Crippen LogP contribution in [0.5, 0.6) is 0 Å². The van der Waals surface area contributed by atoms with Crippen molar-refractivity contribution in [2.45, 2.75) is 19.3 Å². The van der Waals surface area contributed by atoms with Crippen LogP contribution in [0.4, 0.5) is 0 Å². The van der Waals surface area contributed by atoms with Gasteiger partial charge in [-0.15, -0.1) is 0 Å². The quantitative estimate of drug-likeness (QED) is 0.596. The molecule has 0 aromatic rings. The summed E-state index contributed by atoms with van der Waals surface area (Å²) in [5, 5.41) is 0. The van der Waals surface area contributed by atoms with Gasteiger partial charge in [0.1, 0.15) is 5.75 Å². The van der Waals surface area contributed by atoms with Crippen LogP contribution < -0.4 is 0 Å². The Morgan fingerprint density at radius 3 is 2.55 bits per heavy atom. The van der Waals surface area contributed by atoms with Gasteiger partial charge in [-0.2, -0.15) is 4.61 Å². The molecular weight excluding hydrogens is 160 g/mol. The summed E-state index contributed by atoms with van der Waals surface area (Å²) in [6.45, 7) is 1.75. The standard InChI is InChI=1S/C7H12N2OS/c8-11-6-7(10)9-4-2-1-3-5-9/h1-6H2. The number of nitrogens with zero attached hydrogens (tertiary/aromatic N) is 2. The minimum Gasteiger partial charge on any atom is -0.342 e. The number of carbonyl (C=O) groups excluding carboxylic acids is 1. The van der Waals surface area contributed by atoms with Crippen molar-refractivity contribution in [3.05, 3.63) is 0 Å². The monoisotopic (exact) mass is 172 g/mol. The summed E-state index contributed by atoms with van der Waals surface area (Å²) >= 11 is 0.612. The first-order valence-electron chi connectivity index (χ1n) is 3.88. The summed E-state index contributed by atoms with van der Waals surface area (Å²) in [4.78, 5) is 13.0. The minimum absolute atomic E-state index is 0.0669. The van der Waals surface area contributed by atoms with E-state index in [1.807, 2.05) is 4.90 Å². The topological polar surface area (TPSA) is 44.1 Å². The Hall–Kier alpha value is -0.600. The molecule has 1 saturated heterocycles. The maximum atomic E-state index is 11.1. The zero-order valence-corrected chi connectivity index (χ0v) is 7.27. The van der Waals surface area contributed by atoms with Crippen molar-refractivity contribution in [2.75, 3.05) is 18.8 Å². The Kier molecular flexibility index (Phi) is 3.33. The first-order chi connectivity index (χ1) is 5.34. The third-order valence-electron chi connectivity index (χ3n) is 1.90.